The maximum absolute atomic E-state index is 10.9. The number of ether oxygens (including phenoxy) is 1. The topological polar surface area (TPSA) is 26.3 Å². The highest BCUT2D eigenvalue weighted by atomic mass is 16.5. The van der Waals surface area contributed by atoms with Gasteiger partial charge in [0, 0.05) is 19.3 Å². The van der Waals surface area contributed by atoms with Crippen molar-refractivity contribution in [3.8, 4) is 11.8 Å². The first-order chi connectivity index (χ1) is 10.3. The predicted octanol–water partition coefficient (Wildman–Crippen LogP) is 5.42. The van der Waals surface area contributed by atoms with Crippen LogP contribution >= 0.6 is 0 Å². The van der Waals surface area contributed by atoms with Crippen LogP contribution in [0.3, 0.4) is 0 Å². The van der Waals surface area contributed by atoms with Gasteiger partial charge in [-0.05, 0) is 25.7 Å². The molecule has 0 aromatic heterocycles. The van der Waals surface area contributed by atoms with Crippen molar-refractivity contribution in [2.24, 2.45) is 0 Å². The summed E-state index contributed by atoms with van der Waals surface area (Å²) in [5, 5.41) is 0. The molecule has 2 nitrogen and oxygen atoms in total. The summed E-state index contributed by atoms with van der Waals surface area (Å²) in [6.07, 6.45) is 17.6. The minimum atomic E-state index is -0.0845. The average molecular weight is 292 g/mol. The van der Waals surface area contributed by atoms with Crippen LogP contribution in [0.15, 0.2) is 12.2 Å². The molecule has 0 saturated heterocycles. The molecule has 0 spiro atoms. The van der Waals surface area contributed by atoms with Crippen LogP contribution in [0.2, 0.25) is 0 Å². The summed E-state index contributed by atoms with van der Waals surface area (Å²) in [7, 11) is 1.45. The Balaban J connectivity index is 3.17. The Morgan fingerprint density at radius 1 is 0.905 bits per heavy atom. The van der Waals surface area contributed by atoms with Crippen LogP contribution < -0.4 is 0 Å². The van der Waals surface area contributed by atoms with Gasteiger partial charge in [0.25, 0.3) is 0 Å². The van der Waals surface area contributed by atoms with Crippen LogP contribution in [0.25, 0.3) is 0 Å². The van der Waals surface area contributed by atoms with Crippen molar-refractivity contribution in [2.45, 2.75) is 84.0 Å². The van der Waals surface area contributed by atoms with Crippen LogP contribution in [-0.4, -0.2) is 13.1 Å². The van der Waals surface area contributed by atoms with Crippen molar-refractivity contribution in [3.63, 3.8) is 0 Å². The van der Waals surface area contributed by atoms with Gasteiger partial charge in [-0.3, -0.25) is 4.79 Å². The molecule has 0 heterocycles. The fourth-order valence-electron chi connectivity index (χ4n) is 2.09. The van der Waals surface area contributed by atoms with Crippen LogP contribution in [0.1, 0.15) is 84.0 Å². The smallest absolute Gasteiger partial charge is 0.305 e. The van der Waals surface area contributed by atoms with E-state index in [1.54, 1.807) is 0 Å². The highest BCUT2D eigenvalue weighted by Crippen LogP contribution is 2.09. The van der Waals surface area contributed by atoms with Gasteiger partial charge in [0.1, 0.15) is 0 Å². The molecule has 0 saturated carbocycles. The molecule has 0 aliphatic rings. The van der Waals surface area contributed by atoms with E-state index in [2.05, 4.69) is 35.7 Å². The molecule has 0 aromatic rings. The maximum Gasteiger partial charge on any atom is 0.305 e. The highest BCUT2D eigenvalue weighted by molar-refractivity contribution is 5.68. The summed E-state index contributed by atoms with van der Waals surface area (Å²) in [4.78, 5) is 10.9. The molecule has 0 radical (unpaired) electrons. The number of esters is 1. The van der Waals surface area contributed by atoms with Gasteiger partial charge in [0.05, 0.1) is 7.11 Å². The monoisotopic (exact) mass is 292 g/mol. The molecule has 0 atom stereocenters. The Bertz CT molecular complexity index is 320. The lowest BCUT2D eigenvalue weighted by atomic mass is 10.1. The molecule has 0 N–H and O–H groups in total. The van der Waals surface area contributed by atoms with Crippen molar-refractivity contribution in [1.82, 2.24) is 0 Å². The lowest BCUT2D eigenvalue weighted by Crippen LogP contribution is -1.99. The molecule has 120 valence electrons. The molecular weight excluding hydrogens is 260 g/mol. The molecular formula is C19H32O2. The number of hydrogen-bond donors (Lipinski definition) is 0. The Morgan fingerprint density at radius 3 is 2.19 bits per heavy atom. The zero-order valence-corrected chi connectivity index (χ0v) is 14.0. The van der Waals surface area contributed by atoms with Crippen molar-refractivity contribution in [2.75, 3.05) is 7.11 Å². The molecule has 2 heteroatoms. The maximum atomic E-state index is 10.9. The van der Waals surface area contributed by atoms with Gasteiger partial charge in [0.15, 0.2) is 0 Å². The number of carbonyl (C=O) groups excluding carboxylic acids is 1. The number of methoxy groups -OCH3 is 1. The van der Waals surface area contributed by atoms with Crippen molar-refractivity contribution >= 4 is 5.97 Å². The van der Waals surface area contributed by atoms with Crippen molar-refractivity contribution < 1.29 is 9.53 Å². The minimum absolute atomic E-state index is 0.0845. The Hall–Kier alpha value is -1.23. The van der Waals surface area contributed by atoms with Crippen LogP contribution in [-0.2, 0) is 9.53 Å². The second kappa shape index (κ2) is 16.8. The van der Waals surface area contributed by atoms with E-state index < -0.39 is 0 Å². The van der Waals surface area contributed by atoms with Gasteiger partial charge < -0.3 is 4.74 Å². The quantitative estimate of drug-likeness (QED) is 0.208. The van der Waals surface area contributed by atoms with Crippen molar-refractivity contribution in [1.29, 1.82) is 0 Å². The van der Waals surface area contributed by atoms with Gasteiger partial charge in [0.2, 0.25) is 0 Å². The third kappa shape index (κ3) is 16.7. The van der Waals surface area contributed by atoms with Crippen LogP contribution in [0, 0.1) is 11.8 Å². The second-order valence-corrected chi connectivity index (χ2v) is 5.32. The predicted molar refractivity (Wildman–Crippen MR) is 90.0 cm³/mol. The van der Waals surface area contributed by atoms with E-state index in [1.807, 2.05) is 0 Å². The SMILES string of the molecule is CC/C=C\CCC#CCCCCCCCCCC(=O)OC. The Morgan fingerprint density at radius 2 is 1.52 bits per heavy atom. The van der Waals surface area contributed by atoms with Gasteiger partial charge in [-0.25, -0.2) is 0 Å². The van der Waals surface area contributed by atoms with Gasteiger partial charge in [-0.2, -0.15) is 0 Å². The van der Waals surface area contributed by atoms with E-state index in [0.717, 1.165) is 38.5 Å². The first kappa shape index (κ1) is 19.8. The zero-order chi connectivity index (χ0) is 15.6. The molecule has 0 aliphatic heterocycles. The van der Waals surface area contributed by atoms with Gasteiger partial charge >= 0.3 is 5.97 Å². The van der Waals surface area contributed by atoms with Crippen molar-refractivity contribution in [3.05, 3.63) is 12.2 Å². The largest absolute Gasteiger partial charge is 0.469 e. The van der Waals surface area contributed by atoms with Crippen LogP contribution in [0.4, 0.5) is 0 Å². The van der Waals surface area contributed by atoms with Gasteiger partial charge in [-0.1, -0.05) is 51.2 Å². The van der Waals surface area contributed by atoms with Crippen LogP contribution in [0.5, 0.6) is 0 Å². The molecule has 0 rings (SSSR count). The third-order valence-corrected chi connectivity index (χ3v) is 3.37. The number of hydrogen-bond acceptors (Lipinski definition) is 2. The fraction of sp³-hybridized carbons (Fsp3) is 0.737. The summed E-state index contributed by atoms with van der Waals surface area (Å²) in [6, 6.07) is 0. The standard InChI is InChI=1S/C19H32O2/c1-3-4-5-6-7-8-9-10-11-12-13-14-15-16-17-18-19(20)21-2/h4-5H,3,6-7,10-18H2,1-2H3/b5-4-. The second-order valence-electron chi connectivity index (χ2n) is 5.32. The summed E-state index contributed by atoms with van der Waals surface area (Å²) in [6.45, 7) is 2.15. The average Bonchev–Trinajstić information content (AvgIpc) is 2.50. The number of rotatable bonds is 12. The molecule has 0 unspecified atom stereocenters. The summed E-state index contributed by atoms with van der Waals surface area (Å²) in [5.41, 5.74) is 0. The van der Waals surface area contributed by atoms with E-state index in [1.165, 1.54) is 39.2 Å². The zero-order valence-electron chi connectivity index (χ0n) is 14.0. The molecule has 0 bridgehead atoms. The lowest BCUT2D eigenvalue weighted by molar-refractivity contribution is -0.140. The molecule has 21 heavy (non-hydrogen) atoms. The normalized spacial score (nSPS) is 10.4. The Labute approximate surface area is 131 Å². The van der Waals surface area contributed by atoms with E-state index in [0.29, 0.717) is 6.42 Å². The minimum Gasteiger partial charge on any atom is -0.469 e. The van der Waals surface area contributed by atoms with E-state index in [4.69, 9.17) is 0 Å². The summed E-state index contributed by atoms with van der Waals surface area (Å²) >= 11 is 0. The lowest BCUT2D eigenvalue weighted by Gasteiger charge is -2.00. The first-order valence-corrected chi connectivity index (χ1v) is 8.48. The molecule has 0 amide bonds. The van der Waals surface area contributed by atoms with E-state index in [-0.39, 0.29) is 5.97 Å². The Kier molecular flexibility index (Phi) is 15.8. The number of unbranched alkanes of at least 4 members (excludes halogenated alkanes) is 8. The first-order valence-electron chi connectivity index (χ1n) is 8.48. The number of carbonyl (C=O) groups is 1. The van der Waals surface area contributed by atoms with Gasteiger partial charge in [-0.15, -0.1) is 11.8 Å². The molecule has 0 fully saturated rings. The summed E-state index contributed by atoms with van der Waals surface area (Å²) < 4.78 is 4.61. The number of allylic oxidation sites excluding steroid dienone is 2. The highest BCUT2D eigenvalue weighted by Gasteiger charge is 1.98. The third-order valence-electron chi connectivity index (χ3n) is 3.37. The van der Waals surface area contributed by atoms with E-state index in [9.17, 15) is 4.79 Å². The molecule has 0 aromatic carbocycles. The molecule has 0 aliphatic carbocycles. The summed E-state index contributed by atoms with van der Waals surface area (Å²) in [5.74, 6) is 6.41. The van der Waals surface area contributed by atoms with E-state index >= 15 is 0 Å². The fourth-order valence-corrected chi connectivity index (χ4v) is 2.09.